The molecule has 0 radical (unpaired) electrons. The van der Waals surface area contributed by atoms with Crippen molar-refractivity contribution in [2.24, 2.45) is 0 Å². The number of aliphatic carboxylic acids is 1. The first-order valence-electron chi connectivity index (χ1n) is 8.11. The van der Waals surface area contributed by atoms with E-state index in [4.69, 9.17) is 19.7 Å². The number of carboxylic acid groups (broad SMARTS) is 1. The van der Waals surface area contributed by atoms with Crippen molar-refractivity contribution < 1.29 is 34.7 Å². The average molecular weight is 362 g/mol. The van der Waals surface area contributed by atoms with E-state index < -0.39 is 18.2 Å². The summed E-state index contributed by atoms with van der Waals surface area (Å²) in [4.78, 5) is 10.5. The van der Waals surface area contributed by atoms with E-state index in [2.05, 4.69) is 0 Å². The number of aliphatic hydroxyl groups is 3. The predicted molar refractivity (Wildman–Crippen MR) is 93.4 cm³/mol. The lowest BCUT2D eigenvalue weighted by molar-refractivity contribution is -0.148. The second-order valence-corrected chi connectivity index (χ2v) is 5.78. The zero-order valence-corrected chi connectivity index (χ0v) is 14.1. The van der Waals surface area contributed by atoms with Crippen molar-refractivity contribution in [3.8, 4) is 11.5 Å². The molecule has 7 nitrogen and oxygen atoms in total. The molecule has 2 aromatic carbocycles. The molecule has 0 amide bonds. The van der Waals surface area contributed by atoms with Crippen LogP contribution in [0, 0.1) is 0 Å². The van der Waals surface area contributed by atoms with Crippen molar-refractivity contribution in [2.75, 3.05) is 19.8 Å². The summed E-state index contributed by atoms with van der Waals surface area (Å²) in [6.07, 6.45) is -1.75. The molecule has 26 heavy (non-hydrogen) atoms. The Morgan fingerprint density at radius 3 is 1.73 bits per heavy atom. The van der Waals surface area contributed by atoms with Gasteiger partial charge in [0.1, 0.15) is 30.8 Å². The summed E-state index contributed by atoms with van der Waals surface area (Å²) in [6.45, 7) is -0.609. The van der Waals surface area contributed by atoms with E-state index >= 15 is 0 Å². The maximum Gasteiger partial charge on any atom is 0.336 e. The van der Waals surface area contributed by atoms with Crippen LogP contribution in [0.3, 0.4) is 0 Å². The van der Waals surface area contributed by atoms with Gasteiger partial charge in [-0.15, -0.1) is 0 Å². The standard InChI is InChI=1S/C19H22O7/c20-10-15(21)11-25-16-5-1-13(2-6-16)9-14-3-7-17(8-4-14)26-12-18(22)19(23)24/h1-8,15,18,20-22H,9-12H2,(H,23,24). The highest BCUT2D eigenvalue weighted by Crippen LogP contribution is 2.18. The number of carbonyl (C=O) groups is 1. The summed E-state index contributed by atoms with van der Waals surface area (Å²) in [5, 5.41) is 35.8. The number of rotatable bonds is 10. The summed E-state index contributed by atoms with van der Waals surface area (Å²) in [5.74, 6) is -0.220. The zero-order chi connectivity index (χ0) is 18.9. The van der Waals surface area contributed by atoms with Gasteiger partial charge in [0.2, 0.25) is 0 Å². The third-order valence-corrected chi connectivity index (χ3v) is 3.60. The van der Waals surface area contributed by atoms with E-state index in [1.165, 1.54) is 0 Å². The molecule has 4 N–H and O–H groups in total. The fraction of sp³-hybridized carbons (Fsp3) is 0.316. The van der Waals surface area contributed by atoms with E-state index in [-0.39, 0.29) is 19.8 Å². The SMILES string of the molecule is O=C(O)C(O)COc1ccc(Cc2ccc(OCC(O)CO)cc2)cc1. The molecule has 2 rings (SSSR count). The number of hydrogen-bond donors (Lipinski definition) is 4. The normalized spacial score (nSPS) is 13.0. The third-order valence-electron chi connectivity index (χ3n) is 3.60. The van der Waals surface area contributed by atoms with E-state index in [1.54, 1.807) is 24.3 Å². The molecule has 2 unspecified atom stereocenters. The summed E-state index contributed by atoms with van der Waals surface area (Å²) >= 11 is 0. The number of ether oxygens (including phenoxy) is 2. The van der Waals surface area contributed by atoms with Crippen LogP contribution in [0.1, 0.15) is 11.1 Å². The van der Waals surface area contributed by atoms with Crippen LogP contribution in [0.25, 0.3) is 0 Å². The quantitative estimate of drug-likeness (QED) is 0.495. The predicted octanol–water partition coefficient (Wildman–Crippen LogP) is 0.834. The molecule has 140 valence electrons. The van der Waals surface area contributed by atoms with E-state index in [9.17, 15) is 15.0 Å². The second-order valence-electron chi connectivity index (χ2n) is 5.78. The molecule has 2 aromatic rings. The van der Waals surface area contributed by atoms with Crippen LogP contribution in [0.2, 0.25) is 0 Å². The zero-order valence-electron chi connectivity index (χ0n) is 14.1. The Kier molecular flexibility index (Phi) is 7.40. The minimum absolute atomic E-state index is 0.0356. The fourth-order valence-electron chi connectivity index (χ4n) is 2.13. The molecule has 0 saturated heterocycles. The van der Waals surface area contributed by atoms with Crippen LogP contribution in [0.5, 0.6) is 11.5 Å². The summed E-state index contributed by atoms with van der Waals surface area (Å²) in [5.41, 5.74) is 2.11. The molecule has 0 aliphatic rings. The van der Waals surface area contributed by atoms with Crippen molar-refractivity contribution in [1.29, 1.82) is 0 Å². The smallest absolute Gasteiger partial charge is 0.336 e. The highest BCUT2D eigenvalue weighted by atomic mass is 16.5. The van der Waals surface area contributed by atoms with Crippen LogP contribution in [-0.2, 0) is 11.2 Å². The van der Waals surface area contributed by atoms with Gasteiger partial charge in [-0.05, 0) is 41.8 Å². The van der Waals surface area contributed by atoms with Gasteiger partial charge >= 0.3 is 5.97 Å². The topological polar surface area (TPSA) is 116 Å². The van der Waals surface area contributed by atoms with Gasteiger partial charge < -0.3 is 29.9 Å². The molecule has 0 bridgehead atoms. The van der Waals surface area contributed by atoms with Crippen molar-refractivity contribution in [3.05, 3.63) is 59.7 Å². The van der Waals surface area contributed by atoms with Gasteiger partial charge in [0.05, 0.1) is 6.61 Å². The first kappa shape index (κ1) is 19.7. The minimum atomic E-state index is -1.55. The Hall–Kier alpha value is -2.61. The molecule has 2 atom stereocenters. The van der Waals surface area contributed by atoms with Crippen molar-refractivity contribution in [2.45, 2.75) is 18.6 Å². The Labute approximate surface area is 151 Å². The maximum absolute atomic E-state index is 10.5. The first-order valence-corrected chi connectivity index (χ1v) is 8.11. The highest BCUT2D eigenvalue weighted by molar-refractivity contribution is 5.72. The van der Waals surface area contributed by atoms with E-state index in [0.29, 0.717) is 17.9 Å². The van der Waals surface area contributed by atoms with Gasteiger partial charge in [-0.3, -0.25) is 0 Å². The average Bonchev–Trinajstić information content (AvgIpc) is 2.66. The lowest BCUT2D eigenvalue weighted by Gasteiger charge is -2.11. The lowest BCUT2D eigenvalue weighted by atomic mass is 10.0. The lowest BCUT2D eigenvalue weighted by Crippen LogP contribution is -2.26. The Morgan fingerprint density at radius 1 is 0.846 bits per heavy atom. The van der Waals surface area contributed by atoms with Crippen LogP contribution in [0.4, 0.5) is 0 Å². The summed E-state index contributed by atoms with van der Waals surface area (Å²) < 4.78 is 10.6. The van der Waals surface area contributed by atoms with Crippen LogP contribution in [-0.4, -0.2) is 58.4 Å². The molecular weight excluding hydrogens is 340 g/mol. The molecule has 0 saturated carbocycles. The van der Waals surface area contributed by atoms with Crippen LogP contribution >= 0.6 is 0 Å². The van der Waals surface area contributed by atoms with Gasteiger partial charge in [0.15, 0.2) is 6.10 Å². The Balaban J connectivity index is 1.85. The highest BCUT2D eigenvalue weighted by Gasteiger charge is 2.13. The molecule has 0 aliphatic heterocycles. The molecule has 0 heterocycles. The van der Waals surface area contributed by atoms with Crippen LogP contribution in [0.15, 0.2) is 48.5 Å². The van der Waals surface area contributed by atoms with E-state index in [0.717, 1.165) is 11.1 Å². The molecule has 0 aliphatic carbocycles. The number of hydrogen-bond acceptors (Lipinski definition) is 6. The fourth-order valence-corrected chi connectivity index (χ4v) is 2.13. The van der Waals surface area contributed by atoms with Crippen molar-refractivity contribution >= 4 is 5.97 Å². The Bertz CT molecular complexity index is 682. The largest absolute Gasteiger partial charge is 0.491 e. The molecular formula is C19H22O7. The number of benzene rings is 2. The monoisotopic (exact) mass is 362 g/mol. The van der Waals surface area contributed by atoms with Crippen molar-refractivity contribution in [3.63, 3.8) is 0 Å². The van der Waals surface area contributed by atoms with E-state index in [1.807, 2.05) is 24.3 Å². The first-order chi connectivity index (χ1) is 12.5. The van der Waals surface area contributed by atoms with Gasteiger partial charge in [-0.1, -0.05) is 24.3 Å². The Morgan fingerprint density at radius 2 is 1.31 bits per heavy atom. The van der Waals surface area contributed by atoms with Gasteiger partial charge in [-0.2, -0.15) is 0 Å². The molecule has 0 spiro atoms. The second kappa shape index (κ2) is 9.76. The van der Waals surface area contributed by atoms with Crippen molar-refractivity contribution in [1.82, 2.24) is 0 Å². The third kappa shape index (κ3) is 6.36. The van der Waals surface area contributed by atoms with Crippen LogP contribution < -0.4 is 9.47 Å². The molecule has 0 fully saturated rings. The number of carboxylic acids is 1. The minimum Gasteiger partial charge on any atom is -0.491 e. The number of aliphatic hydroxyl groups excluding tert-OH is 3. The van der Waals surface area contributed by atoms with Gasteiger partial charge in [0.25, 0.3) is 0 Å². The maximum atomic E-state index is 10.5. The summed E-state index contributed by atoms with van der Waals surface area (Å²) in [6, 6.07) is 14.6. The van der Waals surface area contributed by atoms with Gasteiger partial charge in [-0.25, -0.2) is 4.79 Å². The van der Waals surface area contributed by atoms with Gasteiger partial charge in [0, 0.05) is 0 Å². The summed E-state index contributed by atoms with van der Waals surface area (Å²) in [7, 11) is 0. The molecule has 7 heteroatoms. The molecule has 0 aromatic heterocycles.